The van der Waals surface area contributed by atoms with Gasteiger partial charge in [0.25, 0.3) is 0 Å². The smallest absolute Gasteiger partial charge is 0.234 e. The van der Waals surface area contributed by atoms with Crippen LogP contribution >= 0.6 is 0 Å². The van der Waals surface area contributed by atoms with E-state index >= 15 is 0 Å². The van der Waals surface area contributed by atoms with Crippen molar-refractivity contribution in [2.24, 2.45) is 0 Å². The lowest BCUT2D eigenvalue weighted by atomic mass is 9.89. The van der Waals surface area contributed by atoms with Gasteiger partial charge >= 0.3 is 0 Å². The Kier molecular flexibility index (Phi) is 5.34. The van der Waals surface area contributed by atoms with Crippen molar-refractivity contribution in [3.8, 4) is 0 Å². The van der Waals surface area contributed by atoms with Crippen LogP contribution in [0, 0.1) is 0 Å². The van der Waals surface area contributed by atoms with E-state index in [0.29, 0.717) is 19.1 Å². The Labute approximate surface area is 138 Å². The van der Waals surface area contributed by atoms with E-state index in [1.54, 1.807) is 0 Å². The van der Waals surface area contributed by atoms with Crippen LogP contribution in [0.5, 0.6) is 0 Å². The third-order valence-corrected chi connectivity index (χ3v) is 5.05. The number of aliphatic hydroxyl groups excluding tert-OH is 1. The molecule has 3 rings (SSSR count). The number of aliphatic hydroxyl groups is 1. The Hall–Kier alpha value is -1.39. The molecule has 4 heteroatoms. The van der Waals surface area contributed by atoms with Gasteiger partial charge in [0.15, 0.2) is 0 Å². The molecule has 0 radical (unpaired) electrons. The van der Waals surface area contributed by atoms with Crippen LogP contribution in [0.3, 0.4) is 0 Å². The summed E-state index contributed by atoms with van der Waals surface area (Å²) in [5.74, 6) is 0.0515. The van der Waals surface area contributed by atoms with Gasteiger partial charge in [-0.05, 0) is 62.1 Å². The SMILES string of the molecule is CC(NC(=O)CN(CCO)C1CC1)c1ccc2c(c1)CCCC2. The molecule has 1 unspecified atom stereocenters. The maximum Gasteiger partial charge on any atom is 0.234 e. The maximum absolute atomic E-state index is 12.3. The van der Waals surface area contributed by atoms with E-state index < -0.39 is 0 Å². The molecule has 0 saturated heterocycles. The number of nitrogens with one attached hydrogen (secondary N) is 1. The summed E-state index contributed by atoms with van der Waals surface area (Å²) >= 11 is 0. The van der Waals surface area contributed by atoms with Crippen molar-refractivity contribution < 1.29 is 9.90 Å². The summed E-state index contributed by atoms with van der Waals surface area (Å²) in [6.07, 6.45) is 7.21. The van der Waals surface area contributed by atoms with Crippen LogP contribution < -0.4 is 5.32 Å². The molecule has 1 aromatic rings. The molecule has 1 atom stereocenters. The van der Waals surface area contributed by atoms with Gasteiger partial charge in [-0.3, -0.25) is 9.69 Å². The molecule has 0 bridgehead atoms. The average Bonchev–Trinajstić information content (AvgIpc) is 3.39. The molecule has 1 amide bonds. The third-order valence-electron chi connectivity index (χ3n) is 5.05. The molecule has 23 heavy (non-hydrogen) atoms. The average molecular weight is 316 g/mol. The first-order valence-electron chi connectivity index (χ1n) is 8.93. The van der Waals surface area contributed by atoms with Gasteiger partial charge in [0.05, 0.1) is 19.2 Å². The molecule has 2 aliphatic rings. The van der Waals surface area contributed by atoms with Crippen molar-refractivity contribution in [1.82, 2.24) is 10.2 Å². The first-order chi connectivity index (χ1) is 11.2. The zero-order chi connectivity index (χ0) is 16.2. The standard InChI is InChI=1S/C19H28N2O2/c1-14(16-7-6-15-4-2-3-5-17(15)12-16)20-19(23)13-21(10-11-22)18-8-9-18/h6-7,12,14,18,22H,2-5,8-11,13H2,1H3,(H,20,23). The fraction of sp³-hybridized carbons (Fsp3) is 0.632. The van der Waals surface area contributed by atoms with Crippen molar-refractivity contribution in [2.45, 2.75) is 57.5 Å². The number of carbonyl (C=O) groups excluding carboxylic acids is 1. The fourth-order valence-corrected chi connectivity index (χ4v) is 3.54. The highest BCUT2D eigenvalue weighted by Crippen LogP contribution is 2.27. The quantitative estimate of drug-likeness (QED) is 0.811. The Morgan fingerprint density at radius 2 is 2.04 bits per heavy atom. The van der Waals surface area contributed by atoms with E-state index in [9.17, 15) is 4.79 Å². The summed E-state index contributed by atoms with van der Waals surface area (Å²) in [4.78, 5) is 14.4. The number of rotatable bonds is 7. The number of hydrogen-bond donors (Lipinski definition) is 2. The van der Waals surface area contributed by atoms with Crippen LogP contribution in [0.25, 0.3) is 0 Å². The van der Waals surface area contributed by atoms with Gasteiger partial charge in [-0.2, -0.15) is 0 Å². The first-order valence-corrected chi connectivity index (χ1v) is 8.93. The molecule has 4 nitrogen and oxygen atoms in total. The number of nitrogens with zero attached hydrogens (tertiary/aromatic N) is 1. The zero-order valence-electron chi connectivity index (χ0n) is 14.1. The van der Waals surface area contributed by atoms with Crippen LogP contribution in [0.1, 0.15) is 55.3 Å². The van der Waals surface area contributed by atoms with Crippen LogP contribution in [-0.4, -0.2) is 41.7 Å². The van der Waals surface area contributed by atoms with Gasteiger partial charge in [0, 0.05) is 12.6 Å². The third kappa shape index (κ3) is 4.33. The largest absolute Gasteiger partial charge is 0.395 e. The van der Waals surface area contributed by atoms with Crippen molar-refractivity contribution in [2.75, 3.05) is 19.7 Å². The zero-order valence-corrected chi connectivity index (χ0v) is 14.1. The van der Waals surface area contributed by atoms with Gasteiger partial charge in [-0.25, -0.2) is 0 Å². The molecule has 2 aliphatic carbocycles. The Balaban J connectivity index is 1.57. The second-order valence-electron chi connectivity index (χ2n) is 6.95. The Morgan fingerprint density at radius 1 is 1.30 bits per heavy atom. The molecular formula is C19H28N2O2. The van der Waals surface area contributed by atoms with Crippen LogP contribution in [0.4, 0.5) is 0 Å². The molecule has 1 aromatic carbocycles. The monoisotopic (exact) mass is 316 g/mol. The van der Waals surface area contributed by atoms with E-state index in [1.165, 1.54) is 36.0 Å². The molecule has 1 fully saturated rings. The summed E-state index contributed by atoms with van der Waals surface area (Å²) in [6, 6.07) is 7.18. The number of benzene rings is 1. The molecule has 126 valence electrons. The maximum atomic E-state index is 12.3. The van der Waals surface area contributed by atoms with E-state index in [1.807, 2.05) is 0 Å². The molecule has 1 saturated carbocycles. The van der Waals surface area contributed by atoms with Crippen molar-refractivity contribution in [3.63, 3.8) is 0 Å². The Bertz CT molecular complexity index is 554. The first kappa shape index (κ1) is 16.5. The number of hydrogen-bond acceptors (Lipinski definition) is 3. The fourth-order valence-electron chi connectivity index (χ4n) is 3.54. The summed E-state index contributed by atoms with van der Waals surface area (Å²) < 4.78 is 0. The molecule has 2 N–H and O–H groups in total. The molecule has 0 aromatic heterocycles. The van der Waals surface area contributed by atoms with Gasteiger partial charge in [-0.1, -0.05) is 18.2 Å². The van der Waals surface area contributed by atoms with Crippen LogP contribution in [0.2, 0.25) is 0 Å². The van der Waals surface area contributed by atoms with E-state index in [2.05, 4.69) is 35.3 Å². The van der Waals surface area contributed by atoms with Crippen LogP contribution in [-0.2, 0) is 17.6 Å². The lowest BCUT2D eigenvalue weighted by Crippen LogP contribution is -2.40. The van der Waals surface area contributed by atoms with Crippen molar-refractivity contribution in [1.29, 1.82) is 0 Å². The summed E-state index contributed by atoms with van der Waals surface area (Å²) in [7, 11) is 0. The molecular weight excluding hydrogens is 288 g/mol. The minimum absolute atomic E-state index is 0.0323. The number of fused-ring (bicyclic) bond motifs is 1. The normalized spacial score (nSPS) is 18.6. The highest BCUT2D eigenvalue weighted by Gasteiger charge is 2.30. The lowest BCUT2D eigenvalue weighted by Gasteiger charge is -2.23. The predicted molar refractivity (Wildman–Crippen MR) is 91.3 cm³/mol. The number of amides is 1. The minimum atomic E-state index is 0.0323. The second kappa shape index (κ2) is 7.45. The number of carbonyl (C=O) groups is 1. The minimum Gasteiger partial charge on any atom is -0.395 e. The van der Waals surface area contributed by atoms with E-state index in [-0.39, 0.29) is 18.6 Å². The van der Waals surface area contributed by atoms with Gasteiger partial charge in [-0.15, -0.1) is 0 Å². The predicted octanol–water partition coefficient (Wildman–Crippen LogP) is 2.20. The molecule has 0 heterocycles. The topological polar surface area (TPSA) is 52.6 Å². The van der Waals surface area contributed by atoms with E-state index in [4.69, 9.17) is 5.11 Å². The number of aryl methyl sites for hydroxylation is 2. The summed E-state index contributed by atoms with van der Waals surface area (Å²) in [6.45, 7) is 3.14. The second-order valence-corrected chi connectivity index (χ2v) is 6.95. The molecule has 0 aliphatic heterocycles. The lowest BCUT2D eigenvalue weighted by molar-refractivity contribution is -0.123. The highest BCUT2D eigenvalue weighted by molar-refractivity contribution is 5.78. The van der Waals surface area contributed by atoms with E-state index in [0.717, 1.165) is 19.3 Å². The molecule has 0 spiro atoms. The van der Waals surface area contributed by atoms with Gasteiger partial charge in [0.1, 0.15) is 0 Å². The summed E-state index contributed by atoms with van der Waals surface area (Å²) in [5, 5.41) is 12.2. The van der Waals surface area contributed by atoms with Crippen molar-refractivity contribution >= 4 is 5.91 Å². The van der Waals surface area contributed by atoms with Crippen molar-refractivity contribution in [3.05, 3.63) is 34.9 Å². The highest BCUT2D eigenvalue weighted by atomic mass is 16.3. The van der Waals surface area contributed by atoms with Gasteiger partial charge < -0.3 is 10.4 Å². The van der Waals surface area contributed by atoms with Gasteiger partial charge in [0.2, 0.25) is 5.91 Å². The Morgan fingerprint density at radius 3 is 2.74 bits per heavy atom. The van der Waals surface area contributed by atoms with Crippen LogP contribution in [0.15, 0.2) is 18.2 Å². The summed E-state index contributed by atoms with van der Waals surface area (Å²) in [5.41, 5.74) is 4.12.